The first-order chi connectivity index (χ1) is 10.3. The van der Waals surface area contributed by atoms with Crippen molar-refractivity contribution in [1.82, 2.24) is 0 Å². The van der Waals surface area contributed by atoms with Crippen LogP contribution in [-0.4, -0.2) is 30.1 Å². The van der Waals surface area contributed by atoms with Gasteiger partial charge in [0.1, 0.15) is 11.5 Å². The number of hydrogen-bond acceptors (Lipinski definition) is 5. The van der Waals surface area contributed by atoms with Crippen LogP contribution in [0.3, 0.4) is 0 Å². The Balaban J connectivity index is 2.83. The summed E-state index contributed by atoms with van der Waals surface area (Å²) in [5.74, 6) is -2.27. The normalized spacial score (nSPS) is 10.8. The summed E-state index contributed by atoms with van der Waals surface area (Å²) in [6.07, 6.45) is 0.275. The summed E-state index contributed by atoms with van der Waals surface area (Å²) >= 11 is 3.27. The van der Waals surface area contributed by atoms with E-state index in [4.69, 9.17) is 9.84 Å². The molecule has 0 radical (unpaired) electrons. The molecular formula is C14H14BrNO6. The Hall–Kier alpha value is -2.35. The second-order valence-electron chi connectivity index (χ2n) is 4.11. The second-order valence-corrected chi connectivity index (χ2v) is 4.97. The first-order valence-electron chi connectivity index (χ1n) is 6.07. The first kappa shape index (κ1) is 17.7. The van der Waals surface area contributed by atoms with E-state index in [0.717, 1.165) is 6.92 Å². The average Bonchev–Trinajstić information content (AvgIpc) is 2.39. The average molecular weight is 372 g/mol. The predicted octanol–water partition coefficient (Wildman–Crippen LogP) is 2.32. The lowest BCUT2D eigenvalue weighted by Crippen LogP contribution is -2.15. The van der Waals surface area contributed by atoms with Gasteiger partial charge in [-0.1, -0.05) is 0 Å². The van der Waals surface area contributed by atoms with Crippen LogP contribution in [0.15, 0.2) is 34.5 Å². The molecule has 8 heteroatoms. The number of ether oxygens (including phenoxy) is 2. The molecule has 0 saturated carbocycles. The number of benzene rings is 1. The molecule has 0 fully saturated rings. The van der Waals surface area contributed by atoms with Crippen LogP contribution in [0.2, 0.25) is 0 Å². The fraction of sp³-hybridized carbons (Fsp3) is 0.214. The number of amides is 1. The molecular weight excluding hydrogens is 358 g/mol. The smallest absolute Gasteiger partial charge is 0.331 e. The van der Waals surface area contributed by atoms with Crippen molar-refractivity contribution >= 4 is 39.5 Å². The van der Waals surface area contributed by atoms with E-state index < -0.39 is 24.3 Å². The molecule has 1 amide bonds. The monoisotopic (exact) mass is 371 g/mol. The minimum atomic E-state index is -1.31. The molecule has 1 rings (SSSR count). The van der Waals surface area contributed by atoms with Gasteiger partial charge in [-0.25, -0.2) is 4.79 Å². The molecule has 0 aliphatic carbocycles. The SMILES string of the molecule is COc1ccc(Br)c(NC(=O)CC(=CC(=O)O)OC(C)=O)c1. The van der Waals surface area contributed by atoms with E-state index in [0.29, 0.717) is 22.0 Å². The number of nitrogens with one attached hydrogen (secondary N) is 1. The van der Waals surface area contributed by atoms with Gasteiger partial charge in [-0.15, -0.1) is 0 Å². The van der Waals surface area contributed by atoms with Crippen molar-refractivity contribution in [3.05, 3.63) is 34.5 Å². The molecule has 0 aliphatic heterocycles. The molecule has 22 heavy (non-hydrogen) atoms. The number of aliphatic carboxylic acids is 1. The molecule has 1 aromatic carbocycles. The number of hydrogen-bond donors (Lipinski definition) is 2. The molecule has 0 unspecified atom stereocenters. The van der Waals surface area contributed by atoms with Crippen molar-refractivity contribution in [3.63, 3.8) is 0 Å². The number of methoxy groups -OCH3 is 1. The molecule has 0 spiro atoms. The highest BCUT2D eigenvalue weighted by atomic mass is 79.9. The van der Waals surface area contributed by atoms with Gasteiger partial charge in [0.15, 0.2) is 0 Å². The van der Waals surface area contributed by atoms with Gasteiger partial charge in [-0.05, 0) is 28.1 Å². The lowest BCUT2D eigenvalue weighted by Gasteiger charge is -2.10. The zero-order valence-electron chi connectivity index (χ0n) is 11.9. The summed E-state index contributed by atoms with van der Waals surface area (Å²) in [5, 5.41) is 11.3. The van der Waals surface area contributed by atoms with E-state index in [1.807, 2.05) is 0 Å². The summed E-state index contributed by atoms with van der Waals surface area (Å²) in [5.41, 5.74) is 0.446. The van der Waals surface area contributed by atoms with Gasteiger partial charge in [-0.2, -0.15) is 0 Å². The van der Waals surface area contributed by atoms with Crippen molar-refractivity contribution in [1.29, 1.82) is 0 Å². The van der Waals surface area contributed by atoms with Crippen molar-refractivity contribution in [2.45, 2.75) is 13.3 Å². The Kier molecular flexibility index (Phi) is 6.58. The van der Waals surface area contributed by atoms with E-state index in [9.17, 15) is 14.4 Å². The summed E-state index contributed by atoms with van der Waals surface area (Å²) < 4.78 is 10.4. The topological polar surface area (TPSA) is 102 Å². The largest absolute Gasteiger partial charge is 0.497 e. The zero-order valence-corrected chi connectivity index (χ0v) is 13.5. The number of carboxylic acids is 1. The van der Waals surface area contributed by atoms with Crippen molar-refractivity contribution in [3.8, 4) is 5.75 Å². The number of carbonyl (C=O) groups excluding carboxylic acids is 2. The molecule has 0 atom stereocenters. The molecule has 0 bridgehead atoms. The maximum Gasteiger partial charge on any atom is 0.331 e. The van der Waals surface area contributed by atoms with Crippen molar-refractivity contribution in [2.24, 2.45) is 0 Å². The Morgan fingerprint density at radius 2 is 2.05 bits per heavy atom. The van der Waals surface area contributed by atoms with Gasteiger partial charge in [0.05, 0.1) is 25.3 Å². The Morgan fingerprint density at radius 3 is 2.59 bits per heavy atom. The second kappa shape index (κ2) is 8.18. The molecule has 118 valence electrons. The molecule has 2 N–H and O–H groups in total. The minimum absolute atomic E-state index is 0.253. The van der Waals surface area contributed by atoms with Crippen LogP contribution in [0, 0.1) is 0 Å². The van der Waals surface area contributed by atoms with E-state index in [1.165, 1.54) is 7.11 Å². The highest BCUT2D eigenvalue weighted by molar-refractivity contribution is 9.10. The number of carbonyl (C=O) groups is 3. The summed E-state index contributed by atoms with van der Waals surface area (Å²) in [6.45, 7) is 1.12. The maximum absolute atomic E-state index is 11.9. The number of halogens is 1. The van der Waals surface area contributed by atoms with Crippen LogP contribution in [0.1, 0.15) is 13.3 Å². The zero-order chi connectivity index (χ0) is 16.7. The fourth-order valence-electron chi connectivity index (χ4n) is 1.52. The molecule has 1 aromatic rings. The molecule has 0 saturated heterocycles. The van der Waals surface area contributed by atoms with Gasteiger partial charge < -0.3 is 19.9 Å². The van der Waals surface area contributed by atoms with E-state index >= 15 is 0 Å². The highest BCUT2D eigenvalue weighted by Crippen LogP contribution is 2.27. The van der Waals surface area contributed by atoms with Gasteiger partial charge in [0.25, 0.3) is 0 Å². The number of rotatable bonds is 6. The molecule has 0 aliphatic rings. The highest BCUT2D eigenvalue weighted by Gasteiger charge is 2.13. The van der Waals surface area contributed by atoms with E-state index in [1.54, 1.807) is 18.2 Å². The molecule has 0 aromatic heterocycles. The van der Waals surface area contributed by atoms with Gasteiger partial charge >= 0.3 is 11.9 Å². The van der Waals surface area contributed by atoms with E-state index in [2.05, 4.69) is 26.0 Å². The van der Waals surface area contributed by atoms with Crippen LogP contribution in [-0.2, 0) is 19.1 Å². The number of carboxylic acid groups (broad SMARTS) is 1. The Bertz CT molecular complexity index is 626. The van der Waals surface area contributed by atoms with Gasteiger partial charge in [0.2, 0.25) is 5.91 Å². The van der Waals surface area contributed by atoms with Crippen LogP contribution >= 0.6 is 15.9 Å². The summed E-state index contributed by atoms with van der Waals surface area (Å²) in [4.78, 5) is 33.5. The summed E-state index contributed by atoms with van der Waals surface area (Å²) in [6, 6.07) is 4.98. The third-order valence-electron chi connectivity index (χ3n) is 2.34. The van der Waals surface area contributed by atoms with Gasteiger partial charge in [-0.3, -0.25) is 9.59 Å². The maximum atomic E-state index is 11.9. The van der Waals surface area contributed by atoms with Crippen LogP contribution in [0.5, 0.6) is 5.75 Å². The van der Waals surface area contributed by atoms with Crippen molar-refractivity contribution in [2.75, 3.05) is 12.4 Å². The fourth-order valence-corrected chi connectivity index (χ4v) is 1.86. The molecule has 0 heterocycles. The standard InChI is InChI=1S/C14H14BrNO6/c1-8(17)22-10(7-14(19)20)6-13(18)16-12-5-9(21-2)3-4-11(12)15/h3-5,7H,6H2,1-2H3,(H,16,18)(H,19,20). The Morgan fingerprint density at radius 1 is 1.36 bits per heavy atom. The first-order valence-corrected chi connectivity index (χ1v) is 6.86. The lowest BCUT2D eigenvalue weighted by molar-refractivity contribution is -0.137. The van der Waals surface area contributed by atoms with Crippen LogP contribution in [0.25, 0.3) is 0 Å². The summed E-state index contributed by atoms with van der Waals surface area (Å²) in [7, 11) is 1.49. The Labute approximate surface area is 135 Å². The molecule has 7 nitrogen and oxygen atoms in total. The van der Waals surface area contributed by atoms with Crippen molar-refractivity contribution < 1.29 is 29.0 Å². The minimum Gasteiger partial charge on any atom is -0.497 e. The van der Waals surface area contributed by atoms with Gasteiger partial charge in [0, 0.05) is 17.5 Å². The third-order valence-corrected chi connectivity index (χ3v) is 3.03. The number of anilines is 1. The van der Waals surface area contributed by atoms with Crippen LogP contribution < -0.4 is 10.1 Å². The number of esters is 1. The van der Waals surface area contributed by atoms with Crippen LogP contribution in [0.4, 0.5) is 5.69 Å². The quantitative estimate of drug-likeness (QED) is 0.452. The third kappa shape index (κ3) is 5.96. The predicted molar refractivity (Wildman–Crippen MR) is 81.4 cm³/mol. The lowest BCUT2D eigenvalue weighted by atomic mass is 10.2. The van der Waals surface area contributed by atoms with E-state index in [-0.39, 0.29) is 5.76 Å².